The summed E-state index contributed by atoms with van der Waals surface area (Å²) in [6.45, 7) is 7.41. The van der Waals surface area contributed by atoms with Gasteiger partial charge in [-0.3, -0.25) is 19.7 Å². The van der Waals surface area contributed by atoms with Crippen molar-refractivity contribution < 1.29 is 18.3 Å². The summed E-state index contributed by atoms with van der Waals surface area (Å²) in [5.41, 5.74) is 1.29. The van der Waals surface area contributed by atoms with Crippen molar-refractivity contribution in [3.63, 3.8) is 0 Å². The fraction of sp³-hybridized carbons (Fsp3) is 0.250. The zero-order chi connectivity index (χ0) is 23.7. The highest BCUT2D eigenvalue weighted by atomic mass is 19.1. The molecule has 0 saturated heterocycles. The van der Waals surface area contributed by atoms with Crippen molar-refractivity contribution in [3.8, 4) is 6.07 Å². The largest absolute Gasteiger partial charge is 0.371 e. The number of hydrogen-bond donors (Lipinski definition) is 0. The SMILES string of the molecule is C=C(C(=O)N(/C(C=NC)=C/C)/C1=C(\C)CN=C/C(F)=C\COC1)c1cccc(F)c1C#N. The van der Waals surface area contributed by atoms with Gasteiger partial charge in [-0.1, -0.05) is 24.8 Å². The minimum Gasteiger partial charge on any atom is -0.371 e. The van der Waals surface area contributed by atoms with Crippen molar-refractivity contribution in [1.82, 2.24) is 4.90 Å². The molecule has 1 aliphatic heterocycles. The second-order valence-electron chi connectivity index (χ2n) is 6.80. The Kier molecular flexibility index (Phi) is 8.93. The lowest BCUT2D eigenvalue weighted by atomic mass is 9.99. The summed E-state index contributed by atoms with van der Waals surface area (Å²) in [6, 6.07) is 5.80. The van der Waals surface area contributed by atoms with Crippen LogP contribution >= 0.6 is 0 Å². The fourth-order valence-corrected chi connectivity index (χ4v) is 3.02. The highest BCUT2D eigenvalue weighted by Crippen LogP contribution is 2.27. The maximum absolute atomic E-state index is 14.1. The van der Waals surface area contributed by atoms with E-state index in [-0.39, 0.29) is 36.5 Å². The normalized spacial score (nSPS) is 19.2. The van der Waals surface area contributed by atoms with Crippen LogP contribution in [0.4, 0.5) is 8.78 Å². The van der Waals surface area contributed by atoms with Gasteiger partial charge in [0.15, 0.2) is 0 Å². The number of benzene rings is 1. The molecule has 0 fully saturated rings. The number of nitriles is 1. The van der Waals surface area contributed by atoms with Crippen molar-refractivity contribution >= 4 is 23.9 Å². The molecule has 0 radical (unpaired) electrons. The molecule has 1 aliphatic rings. The van der Waals surface area contributed by atoms with E-state index in [1.807, 2.05) is 0 Å². The molecular weight excluding hydrogens is 414 g/mol. The van der Waals surface area contributed by atoms with Crippen LogP contribution in [0.1, 0.15) is 25.0 Å². The van der Waals surface area contributed by atoms with Gasteiger partial charge in [0.25, 0.3) is 5.91 Å². The second kappa shape index (κ2) is 11.6. The van der Waals surface area contributed by atoms with Gasteiger partial charge >= 0.3 is 0 Å². The van der Waals surface area contributed by atoms with Crippen LogP contribution in [0.15, 0.2) is 69.7 Å². The molecule has 2 rings (SSSR count). The van der Waals surface area contributed by atoms with E-state index in [0.717, 1.165) is 12.3 Å². The summed E-state index contributed by atoms with van der Waals surface area (Å²) in [4.78, 5) is 23.1. The first kappa shape index (κ1) is 24.6. The molecule has 1 heterocycles. The summed E-state index contributed by atoms with van der Waals surface area (Å²) >= 11 is 0. The van der Waals surface area contributed by atoms with Crippen molar-refractivity contribution in [1.29, 1.82) is 5.26 Å². The molecule has 0 saturated carbocycles. The molecule has 1 amide bonds. The monoisotopic (exact) mass is 438 g/mol. The van der Waals surface area contributed by atoms with Gasteiger partial charge in [0, 0.05) is 24.4 Å². The summed E-state index contributed by atoms with van der Waals surface area (Å²) < 4.78 is 33.3. The molecule has 0 bridgehead atoms. The van der Waals surface area contributed by atoms with Gasteiger partial charge in [0.05, 0.1) is 42.9 Å². The Morgan fingerprint density at radius 1 is 1.41 bits per heavy atom. The first-order chi connectivity index (χ1) is 15.3. The van der Waals surface area contributed by atoms with Crippen molar-refractivity contribution in [2.45, 2.75) is 13.8 Å². The lowest BCUT2D eigenvalue weighted by Gasteiger charge is -2.29. The number of aliphatic imine (C=N–C) groups is 2. The molecule has 0 spiro atoms. The van der Waals surface area contributed by atoms with Crippen molar-refractivity contribution in [2.24, 2.45) is 9.98 Å². The van der Waals surface area contributed by atoms with E-state index < -0.39 is 17.6 Å². The molecule has 32 heavy (non-hydrogen) atoms. The molecule has 0 aromatic heterocycles. The molecule has 0 atom stereocenters. The number of halogens is 2. The minimum absolute atomic E-state index is 0.0205. The lowest BCUT2D eigenvalue weighted by Crippen LogP contribution is -2.34. The van der Waals surface area contributed by atoms with Crippen LogP contribution in [0.5, 0.6) is 0 Å². The molecule has 0 unspecified atom stereocenters. The van der Waals surface area contributed by atoms with Crippen LogP contribution in [0.25, 0.3) is 5.57 Å². The van der Waals surface area contributed by atoms with Gasteiger partial charge in [0.1, 0.15) is 17.7 Å². The van der Waals surface area contributed by atoms with Gasteiger partial charge in [0.2, 0.25) is 0 Å². The maximum atomic E-state index is 14.1. The second-order valence-corrected chi connectivity index (χ2v) is 6.80. The molecule has 166 valence electrons. The zero-order valence-electron chi connectivity index (χ0n) is 18.2. The first-order valence-electron chi connectivity index (χ1n) is 9.78. The van der Waals surface area contributed by atoms with Crippen LogP contribution < -0.4 is 0 Å². The molecule has 8 heteroatoms. The molecule has 1 aromatic rings. The number of amides is 1. The summed E-state index contributed by atoms with van der Waals surface area (Å²) in [7, 11) is 1.56. The number of ether oxygens (including phenoxy) is 1. The molecule has 1 aromatic carbocycles. The predicted octanol–water partition coefficient (Wildman–Crippen LogP) is 4.37. The van der Waals surface area contributed by atoms with E-state index in [4.69, 9.17) is 4.74 Å². The quantitative estimate of drug-likeness (QED) is 0.506. The van der Waals surface area contributed by atoms with Crippen LogP contribution in [-0.4, -0.2) is 50.0 Å². The van der Waals surface area contributed by atoms with E-state index in [1.54, 1.807) is 33.0 Å². The first-order valence-corrected chi connectivity index (χ1v) is 9.78. The summed E-state index contributed by atoms with van der Waals surface area (Å²) in [6.07, 6.45) is 5.50. The maximum Gasteiger partial charge on any atom is 0.262 e. The van der Waals surface area contributed by atoms with E-state index in [2.05, 4.69) is 16.6 Å². The van der Waals surface area contributed by atoms with E-state index in [0.29, 0.717) is 17.0 Å². The molecule has 6 nitrogen and oxygen atoms in total. The van der Waals surface area contributed by atoms with Crippen molar-refractivity contribution in [2.75, 3.05) is 26.8 Å². The lowest BCUT2D eigenvalue weighted by molar-refractivity contribution is -0.121. The van der Waals surface area contributed by atoms with Crippen LogP contribution in [0.3, 0.4) is 0 Å². The van der Waals surface area contributed by atoms with Gasteiger partial charge in [-0.15, -0.1) is 0 Å². The molecular formula is C24H24F2N4O2. The number of allylic oxidation sites excluding steroid dienone is 3. The summed E-state index contributed by atoms with van der Waals surface area (Å²) in [5, 5.41) is 9.38. The Morgan fingerprint density at radius 2 is 2.16 bits per heavy atom. The Labute approximate surface area is 186 Å². The highest BCUT2D eigenvalue weighted by Gasteiger charge is 2.27. The Morgan fingerprint density at radius 3 is 2.81 bits per heavy atom. The minimum atomic E-state index is -0.743. The number of nitrogens with zero attached hydrogens (tertiary/aromatic N) is 4. The van der Waals surface area contributed by atoms with E-state index in [1.165, 1.54) is 29.3 Å². The van der Waals surface area contributed by atoms with Crippen molar-refractivity contribution in [3.05, 3.63) is 76.7 Å². The molecule has 0 N–H and O–H groups in total. The third kappa shape index (κ3) is 5.71. The van der Waals surface area contributed by atoms with Gasteiger partial charge in [-0.25, -0.2) is 8.78 Å². The van der Waals surface area contributed by atoms with Crippen LogP contribution in [-0.2, 0) is 9.53 Å². The average molecular weight is 438 g/mol. The topological polar surface area (TPSA) is 78.1 Å². The standard InChI is InChI=1S/C24H24F2N4O2/c1-5-19(14-28-4)30(23-15-32-10-9-18(25)13-29-12-16(23)2)24(31)17(3)20-7-6-8-22(26)21(20)11-27/h5-9,13-14H,3,10,12,15H2,1-2,4H3/b18-9+,19-5+,23-16+,28-14?,29-13?. The average Bonchev–Trinajstić information content (AvgIpc) is 2.78. The smallest absolute Gasteiger partial charge is 0.262 e. The van der Waals surface area contributed by atoms with Gasteiger partial charge < -0.3 is 4.74 Å². The fourth-order valence-electron chi connectivity index (χ4n) is 3.02. The van der Waals surface area contributed by atoms with Crippen LogP contribution in [0.2, 0.25) is 0 Å². The Bertz CT molecular complexity index is 1090. The Balaban J connectivity index is 2.61. The predicted molar refractivity (Wildman–Crippen MR) is 121 cm³/mol. The van der Waals surface area contributed by atoms with Gasteiger partial charge in [-0.05, 0) is 31.6 Å². The third-order valence-corrected chi connectivity index (χ3v) is 4.67. The van der Waals surface area contributed by atoms with Crippen LogP contribution in [0, 0.1) is 17.1 Å². The number of carbonyl (C=O) groups is 1. The highest BCUT2D eigenvalue weighted by molar-refractivity contribution is 6.21. The zero-order valence-corrected chi connectivity index (χ0v) is 18.2. The Hall–Kier alpha value is -3.70. The number of carbonyl (C=O) groups excluding carboxylic acids is 1. The van der Waals surface area contributed by atoms with E-state index in [9.17, 15) is 18.8 Å². The number of hydrogen-bond acceptors (Lipinski definition) is 5. The van der Waals surface area contributed by atoms with Gasteiger partial charge in [-0.2, -0.15) is 5.26 Å². The third-order valence-electron chi connectivity index (χ3n) is 4.67. The molecule has 0 aliphatic carbocycles. The summed E-state index contributed by atoms with van der Waals surface area (Å²) in [5.74, 6) is -1.83. The van der Waals surface area contributed by atoms with E-state index >= 15 is 0 Å². The number of rotatable bonds is 5.